The molecule has 0 atom stereocenters. The highest BCUT2D eigenvalue weighted by Crippen LogP contribution is 2.28. The highest BCUT2D eigenvalue weighted by molar-refractivity contribution is 7.13. The summed E-state index contributed by atoms with van der Waals surface area (Å²) in [7, 11) is 1.53. The molecule has 0 radical (unpaired) electrons. The van der Waals surface area contributed by atoms with E-state index in [1.165, 1.54) is 24.0 Å². The maximum atomic E-state index is 12.2. The summed E-state index contributed by atoms with van der Waals surface area (Å²) in [5.74, 6) is 0.392. The van der Waals surface area contributed by atoms with Gasteiger partial charge in [-0.1, -0.05) is 42.0 Å². The molecule has 0 N–H and O–H groups in total. The Bertz CT molecular complexity index is 824. The lowest BCUT2D eigenvalue weighted by atomic mass is 10.2. The Balaban J connectivity index is 1.80. The molecule has 0 spiro atoms. The van der Waals surface area contributed by atoms with Crippen molar-refractivity contribution in [3.8, 4) is 22.1 Å². The zero-order valence-corrected chi connectivity index (χ0v) is 13.6. The van der Waals surface area contributed by atoms with E-state index in [1.54, 1.807) is 23.6 Å². The predicted molar refractivity (Wildman–Crippen MR) is 90.2 cm³/mol. The average Bonchev–Trinajstić information content (AvgIpc) is 3.06. The molecule has 0 aliphatic heterocycles. The van der Waals surface area contributed by atoms with Crippen molar-refractivity contribution in [3.63, 3.8) is 0 Å². The van der Waals surface area contributed by atoms with E-state index >= 15 is 0 Å². The van der Waals surface area contributed by atoms with Crippen LogP contribution in [0.1, 0.15) is 16.1 Å². The normalized spacial score (nSPS) is 10.3. The molecule has 0 fully saturated rings. The molecular formula is C18H15NO3S. The Kier molecular flexibility index (Phi) is 4.39. The van der Waals surface area contributed by atoms with Gasteiger partial charge in [0.2, 0.25) is 0 Å². The molecule has 0 saturated heterocycles. The van der Waals surface area contributed by atoms with E-state index in [0.29, 0.717) is 11.5 Å². The maximum absolute atomic E-state index is 12.2. The van der Waals surface area contributed by atoms with Crippen LogP contribution in [0.25, 0.3) is 10.6 Å². The van der Waals surface area contributed by atoms with Crippen molar-refractivity contribution >= 4 is 17.3 Å². The topological polar surface area (TPSA) is 48.4 Å². The number of nitrogens with zero attached hydrogens (tertiary/aromatic N) is 1. The minimum Gasteiger partial charge on any atom is -0.493 e. The monoisotopic (exact) mass is 325 g/mol. The smallest absolute Gasteiger partial charge is 0.363 e. The first-order valence-electron chi connectivity index (χ1n) is 7.05. The maximum Gasteiger partial charge on any atom is 0.363 e. The standard InChI is InChI=1S/C18H15NO3S/c1-12-7-9-13(10-8-12)17-19-14(11-23-17)18(20)22-16-6-4-3-5-15(16)21-2/h3-11H,1-2H3. The fraction of sp³-hybridized carbons (Fsp3) is 0.111. The number of benzene rings is 2. The van der Waals surface area contributed by atoms with Gasteiger partial charge in [-0.3, -0.25) is 0 Å². The van der Waals surface area contributed by atoms with Crippen molar-refractivity contribution < 1.29 is 14.3 Å². The number of rotatable bonds is 4. The largest absolute Gasteiger partial charge is 0.493 e. The summed E-state index contributed by atoms with van der Waals surface area (Å²) >= 11 is 1.41. The number of carbonyl (C=O) groups excluding carboxylic acids is 1. The van der Waals surface area contributed by atoms with E-state index < -0.39 is 5.97 Å². The zero-order valence-electron chi connectivity index (χ0n) is 12.8. The van der Waals surface area contributed by atoms with Gasteiger partial charge >= 0.3 is 5.97 Å². The second-order valence-electron chi connectivity index (χ2n) is 4.94. The van der Waals surface area contributed by atoms with Gasteiger partial charge in [0.15, 0.2) is 17.2 Å². The molecule has 2 aromatic carbocycles. The van der Waals surface area contributed by atoms with Gasteiger partial charge in [0.25, 0.3) is 0 Å². The Morgan fingerprint density at radius 3 is 2.43 bits per heavy atom. The lowest BCUT2D eigenvalue weighted by Crippen LogP contribution is -2.09. The van der Waals surface area contributed by atoms with Crippen LogP contribution in [0, 0.1) is 6.92 Å². The van der Waals surface area contributed by atoms with Crippen LogP contribution in [0.5, 0.6) is 11.5 Å². The number of methoxy groups -OCH3 is 1. The van der Waals surface area contributed by atoms with Crippen molar-refractivity contribution in [3.05, 3.63) is 65.2 Å². The molecule has 5 heteroatoms. The summed E-state index contributed by atoms with van der Waals surface area (Å²) in [4.78, 5) is 16.6. The van der Waals surface area contributed by atoms with Crippen LogP contribution in [0.15, 0.2) is 53.9 Å². The SMILES string of the molecule is COc1ccccc1OC(=O)c1csc(-c2ccc(C)cc2)n1. The molecular weight excluding hydrogens is 310 g/mol. The highest BCUT2D eigenvalue weighted by Gasteiger charge is 2.16. The number of aromatic nitrogens is 1. The average molecular weight is 325 g/mol. The van der Waals surface area contributed by atoms with E-state index in [4.69, 9.17) is 9.47 Å². The first-order valence-corrected chi connectivity index (χ1v) is 7.93. The third kappa shape index (κ3) is 3.40. The molecule has 4 nitrogen and oxygen atoms in total. The van der Waals surface area contributed by atoms with Gasteiger partial charge in [-0.25, -0.2) is 9.78 Å². The summed E-state index contributed by atoms with van der Waals surface area (Å²) < 4.78 is 10.5. The van der Waals surface area contributed by atoms with E-state index in [9.17, 15) is 4.79 Å². The minimum absolute atomic E-state index is 0.288. The number of carbonyl (C=O) groups is 1. The van der Waals surface area contributed by atoms with Crippen LogP contribution >= 0.6 is 11.3 Å². The summed E-state index contributed by atoms with van der Waals surface area (Å²) in [6.07, 6.45) is 0. The molecule has 0 bridgehead atoms. The number of hydrogen-bond acceptors (Lipinski definition) is 5. The summed E-state index contributed by atoms with van der Waals surface area (Å²) in [6, 6.07) is 15.0. The molecule has 23 heavy (non-hydrogen) atoms. The Hall–Kier alpha value is -2.66. The van der Waals surface area contributed by atoms with Crippen molar-refractivity contribution in [2.24, 2.45) is 0 Å². The van der Waals surface area contributed by atoms with Crippen molar-refractivity contribution in [1.82, 2.24) is 4.98 Å². The zero-order chi connectivity index (χ0) is 16.2. The van der Waals surface area contributed by atoms with Crippen LogP contribution in [-0.2, 0) is 0 Å². The third-order valence-corrected chi connectivity index (χ3v) is 4.17. The minimum atomic E-state index is -0.496. The molecule has 0 unspecified atom stereocenters. The number of aryl methyl sites for hydroxylation is 1. The van der Waals surface area contributed by atoms with Crippen LogP contribution in [-0.4, -0.2) is 18.1 Å². The van der Waals surface area contributed by atoms with Gasteiger partial charge in [-0.15, -0.1) is 11.3 Å². The van der Waals surface area contributed by atoms with Gasteiger partial charge in [0.1, 0.15) is 5.01 Å². The summed E-state index contributed by atoms with van der Waals surface area (Å²) in [5, 5.41) is 2.49. The van der Waals surface area contributed by atoms with Crippen LogP contribution < -0.4 is 9.47 Å². The Morgan fingerprint density at radius 2 is 1.74 bits per heavy atom. The molecule has 0 amide bonds. The number of esters is 1. The lowest BCUT2D eigenvalue weighted by molar-refractivity contribution is 0.0724. The highest BCUT2D eigenvalue weighted by atomic mass is 32.1. The van der Waals surface area contributed by atoms with E-state index in [1.807, 2.05) is 37.3 Å². The van der Waals surface area contributed by atoms with Gasteiger partial charge < -0.3 is 9.47 Å². The van der Waals surface area contributed by atoms with Crippen LogP contribution in [0.4, 0.5) is 0 Å². The number of hydrogen-bond donors (Lipinski definition) is 0. The summed E-state index contributed by atoms with van der Waals surface area (Å²) in [6.45, 7) is 2.03. The fourth-order valence-corrected chi connectivity index (χ4v) is 2.85. The van der Waals surface area contributed by atoms with Crippen molar-refractivity contribution in [2.75, 3.05) is 7.11 Å². The van der Waals surface area contributed by atoms with Gasteiger partial charge in [0, 0.05) is 10.9 Å². The molecule has 3 rings (SSSR count). The summed E-state index contributed by atoms with van der Waals surface area (Å²) in [5.41, 5.74) is 2.45. The molecule has 1 heterocycles. The second kappa shape index (κ2) is 6.62. The first kappa shape index (κ1) is 15.2. The first-order chi connectivity index (χ1) is 11.2. The lowest BCUT2D eigenvalue weighted by Gasteiger charge is -2.07. The van der Waals surface area contributed by atoms with E-state index in [-0.39, 0.29) is 5.69 Å². The Labute approximate surface area is 138 Å². The van der Waals surface area contributed by atoms with Crippen molar-refractivity contribution in [1.29, 1.82) is 0 Å². The molecule has 0 aliphatic carbocycles. The number of para-hydroxylation sites is 2. The number of ether oxygens (including phenoxy) is 2. The Morgan fingerprint density at radius 1 is 1.04 bits per heavy atom. The van der Waals surface area contributed by atoms with Gasteiger partial charge in [0.05, 0.1) is 7.11 Å². The third-order valence-electron chi connectivity index (χ3n) is 3.28. The molecule has 1 aromatic heterocycles. The fourth-order valence-electron chi connectivity index (χ4n) is 2.05. The van der Waals surface area contributed by atoms with Crippen LogP contribution in [0.2, 0.25) is 0 Å². The molecule has 0 aliphatic rings. The predicted octanol–water partition coefficient (Wildman–Crippen LogP) is 4.35. The second-order valence-corrected chi connectivity index (χ2v) is 5.80. The van der Waals surface area contributed by atoms with Gasteiger partial charge in [-0.2, -0.15) is 0 Å². The van der Waals surface area contributed by atoms with Crippen molar-refractivity contribution in [2.45, 2.75) is 6.92 Å². The van der Waals surface area contributed by atoms with Gasteiger partial charge in [-0.05, 0) is 19.1 Å². The molecule has 3 aromatic rings. The number of thiazole rings is 1. The molecule has 0 saturated carbocycles. The quantitative estimate of drug-likeness (QED) is 0.529. The van der Waals surface area contributed by atoms with Crippen LogP contribution in [0.3, 0.4) is 0 Å². The molecule has 116 valence electrons. The van der Waals surface area contributed by atoms with E-state index in [2.05, 4.69) is 4.98 Å². The van der Waals surface area contributed by atoms with E-state index in [0.717, 1.165) is 10.6 Å².